The van der Waals surface area contributed by atoms with Gasteiger partial charge in [0.1, 0.15) is 0 Å². The van der Waals surface area contributed by atoms with Crippen LogP contribution < -0.4 is 0 Å². The van der Waals surface area contributed by atoms with Gasteiger partial charge in [0.25, 0.3) is 0 Å². The zero-order valence-electron chi connectivity index (χ0n) is 7.84. The monoisotopic (exact) mass is 240 g/mol. The summed E-state index contributed by atoms with van der Waals surface area (Å²) in [5.41, 5.74) is 1.71. The topological polar surface area (TPSA) is 20.2 Å². The van der Waals surface area contributed by atoms with E-state index >= 15 is 0 Å². The Labute approximate surface area is 86.9 Å². The average Bonchev–Trinajstić information content (AvgIpc) is 2.66. The lowest BCUT2D eigenvalue weighted by molar-refractivity contribution is 0.134. The van der Waals surface area contributed by atoms with Gasteiger partial charge >= 0.3 is 0 Å². The minimum absolute atomic E-state index is 0.403. The van der Waals surface area contributed by atoms with Crippen LogP contribution >= 0.6 is 15.9 Å². The van der Waals surface area contributed by atoms with Gasteiger partial charge in [-0.25, -0.2) is 0 Å². The summed E-state index contributed by atoms with van der Waals surface area (Å²) < 4.78 is 1.04. The number of hydrogen-bond donors (Lipinski definition) is 1. The van der Waals surface area contributed by atoms with Gasteiger partial charge in [-0.2, -0.15) is 0 Å². The Balaban J connectivity index is 2.46. The Morgan fingerprint density at radius 3 is 2.69 bits per heavy atom. The number of hydrogen-bond acceptors (Lipinski definition) is 1. The second-order valence-corrected chi connectivity index (χ2v) is 4.90. The molecule has 2 heteroatoms. The third-order valence-electron chi connectivity index (χ3n) is 2.94. The second kappa shape index (κ2) is 2.82. The summed E-state index contributed by atoms with van der Waals surface area (Å²) in [5.74, 6) is 0.403. The third-order valence-corrected chi connectivity index (χ3v) is 3.43. The van der Waals surface area contributed by atoms with Gasteiger partial charge < -0.3 is 5.11 Å². The Hall–Kier alpha value is -0.340. The van der Waals surface area contributed by atoms with Crippen molar-refractivity contribution in [2.24, 2.45) is 5.92 Å². The van der Waals surface area contributed by atoms with Crippen LogP contribution in [-0.4, -0.2) is 5.11 Å². The molecule has 70 valence electrons. The van der Waals surface area contributed by atoms with Crippen LogP contribution in [0.3, 0.4) is 0 Å². The summed E-state index contributed by atoms with van der Waals surface area (Å²) >= 11 is 3.43. The van der Waals surface area contributed by atoms with Gasteiger partial charge in [0, 0.05) is 4.47 Å². The van der Waals surface area contributed by atoms with E-state index in [1.807, 2.05) is 25.1 Å². The van der Waals surface area contributed by atoms with Crippen molar-refractivity contribution in [2.45, 2.75) is 25.9 Å². The minimum Gasteiger partial charge on any atom is -0.385 e. The molecule has 13 heavy (non-hydrogen) atoms. The van der Waals surface area contributed by atoms with Gasteiger partial charge in [-0.1, -0.05) is 28.9 Å². The molecule has 0 bridgehead atoms. The lowest BCUT2D eigenvalue weighted by Crippen LogP contribution is -2.09. The highest BCUT2D eigenvalue weighted by Gasteiger charge is 2.51. The Bertz CT molecular complexity index is 348. The van der Waals surface area contributed by atoms with Crippen LogP contribution in [0.1, 0.15) is 24.5 Å². The lowest BCUT2D eigenvalue weighted by Gasteiger charge is -2.13. The molecule has 1 fully saturated rings. The van der Waals surface area contributed by atoms with Gasteiger partial charge in [-0.15, -0.1) is 0 Å². The zero-order chi connectivity index (χ0) is 9.64. The van der Waals surface area contributed by atoms with Crippen molar-refractivity contribution in [3.8, 4) is 0 Å². The maximum absolute atomic E-state index is 10.2. The molecule has 1 saturated carbocycles. The van der Waals surface area contributed by atoms with Crippen LogP contribution in [-0.2, 0) is 5.60 Å². The Morgan fingerprint density at radius 1 is 1.54 bits per heavy atom. The highest BCUT2D eigenvalue weighted by molar-refractivity contribution is 9.10. The third kappa shape index (κ3) is 1.42. The standard InChI is InChI=1S/C11H13BrO/c1-7-3-4-9(12)5-10(7)11(13)6-8(11)2/h3-5,8,13H,6H2,1-2H3. The summed E-state index contributed by atoms with van der Waals surface area (Å²) in [7, 11) is 0. The molecule has 0 aromatic heterocycles. The summed E-state index contributed by atoms with van der Waals surface area (Å²) in [5, 5.41) is 10.2. The van der Waals surface area contributed by atoms with Crippen LogP contribution in [0, 0.1) is 12.8 Å². The fourth-order valence-electron chi connectivity index (χ4n) is 1.84. The first kappa shape index (κ1) is 9.22. The van der Waals surface area contributed by atoms with Crippen molar-refractivity contribution in [2.75, 3.05) is 0 Å². The molecule has 1 aromatic rings. The molecular weight excluding hydrogens is 228 g/mol. The summed E-state index contributed by atoms with van der Waals surface area (Å²) in [6, 6.07) is 6.08. The SMILES string of the molecule is Cc1ccc(Br)cc1C1(O)CC1C. The van der Waals surface area contributed by atoms with Crippen molar-refractivity contribution in [3.63, 3.8) is 0 Å². The van der Waals surface area contributed by atoms with Crippen molar-refractivity contribution in [3.05, 3.63) is 33.8 Å². The lowest BCUT2D eigenvalue weighted by atomic mass is 10.0. The summed E-state index contributed by atoms with van der Waals surface area (Å²) in [4.78, 5) is 0. The zero-order valence-corrected chi connectivity index (χ0v) is 9.43. The first-order valence-electron chi connectivity index (χ1n) is 4.53. The predicted octanol–water partition coefficient (Wildman–Crippen LogP) is 2.98. The van der Waals surface area contributed by atoms with E-state index in [0.717, 1.165) is 16.5 Å². The number of rotatable bonds is 1. The van der Waals surface area contributed by atoms with Crippen molar-refractivity contribution >= 4 is 15.9 Å². The van der Waals surface area contributed by atoms with Crippen LogP contribution in [0.15, 0.2) is 22.7 Å². The number of aliphatic hydroxyl groups is 1. The molecule has 0 saturated heterocycles. The van der Waals surface area contributed by atoms with Crippen molar-refractivity contribution in [1.82, 2.24) is 0 Å². The normalized spacial score (nSPS) is 31.8. The molecule has 1 nitrogen and oxygen atoms in total. The van der Waals surface area contributed by atoms with Crippen LogP contribution in [0.4, 0.5) is 0 Å². The van der Waals surface area contributed by atoms with Gasteiger partial charge in [0.05, 0.1) is 5.60 Å². The fourth-order valence-corrected chi connectivity index (χ4v) is 2.21. The van der Waals surface area contributed by atoms with Crippen LogP contribution in [0.2, 0.25) is 0 Å². The van der Waals surface area contributed by atoms with E-state index in [9.17, 15) is 5.11 Å². The fraction of sp³-hybridized carbons (Fsp3) is 0.455. The maximum Gasteiger partial charge on any atom is 0.0929 e. The highest BCUT2D eigenvalue weighted by Crippen LogP contribution is 2.52. The smallest absolute Gasteiger partial charge is 0.0929 e. The molecule has 0 spiro atoms. The maximum atomic E-state index is 10.2. The largest absolute Gasteiger partial charge is 0.385 e. The van der Waals surface area contributed by atoms with E-state index in [0.29, 0.717) is 5.92 Å². The van der Waals surface area contributed by atoms with E-state index < -0.39 is 5.60 Å². The predicted molar refractivity (Wildman–Crippen MR) is 56.6 cm³/mol. The molecule has 2 atom stereocenters. The van der Waals surface area contributed by atoms with Crippen molar-refractivity contribution in [1.29, 1.82) is 0 Å². The summed E-state index contributed by atoms with van der Waals surface area (Å²) in [6.07, 6.45) is 0.893. The molecule has 1 aromatic carbocycles. The molecule has 0 amide bonds. The molecule has 2 unspecified atom stereocenters. The molecule has 1 aliphatic carbocycles. The molecule has 1 N–H and O–H groups in total. The van der Waals surface area contributed by atoms with E-state index in [1.165, 1.54) is 5.56 Å². The number of halogens is 1. The summed E-state index contributed by atoms with van der Waals surface area (Å²) in [6.45, 7) is 4.13. The molecule has 0 radical (unpaired) electrons. The first-order valence-corrected chi connectivity index (χ1v) is 5.32. The molecule has 0 heterocycles. The van der Waals surface area contributed by atoms with Gasteiger partial charge in [0.2, 0.25) is 0 Å². The van der Waals surface area contributed by atoms with Gasteiger partial charge in [-0.05, 0) is 42.5 Å². The minimum atomic E-state index is -0.548. The van der Waals surface area contributed by atoms with Crippen molar-refractivity contribution < 1.29 is 5.11 Å². The quantitative estimate of drug-likeness (QED) is 0.801. The van der Waals surface area contributed by atoms with Crippen LogP contribution in [0.5, 0.6) is 0 Å². The number of aryl methyl sites for hydroxylation is 1. The van der Waals surface area contributed by atoms with Gasteiger partial charge in [0.15, 0.2) is 0 Å². The van der Waals surface area contributed by atoms with E-state index in [2.05, 4.69) is 22.9 Å². The average molecular weight is 241 g/mol. The highest BCUT2D eigenvalue weighted by atomic mass is 79.9. The molecule has 2 rings (SSSR count). The van der Waals surface area contributed by atoms with Gasteiger partial charge in [-0.3, -0.25) is 0 Å². The Morgan fingerprint density at radius 2 is 2.15 bits per heavy atom. The van der Waals surface area contributed by atoms with Crippen LogP contribution in [0.25, 0.3) is 0 Å². The number of benzene rings is 1. The molecule has 1 aliphatic rings. The van der Waals surface area contributed by atoms with E-state index in [-0.39, 0.29) is 0 Å². The molecule has 0 aliphatic heterocycles. The Kier molecular flexibility index (Phi) is 2.00. The first-order chi connectivity index (χ1) is 6.04. The van der Waals surface area contributed by atoms with E-state index in [1.54, 1.807) is 0 Å². The molecular formula is C11H13BrO. The van der Waals surface area contributed by atoms with E-state index in [4.69, 9.17) is 0 Å². The second-order valence-electron chi connectivity index (χ2n) is 3.99.